The van der Waals surface area contributed by atoms with Crippen LogP contribution in [0.3, 0.4) is 0 Å². The van der Waals surface area contributed by atoms with Gasteiger partial charge in [-0.1, -0.05) is 60.7 Å². The standard InChI is InChI=1S/C26H24O3/c1-26(2,3)29-25(28)23-15-19-14-20(17-10-6-4-7-11-17)21(16-22(19)24(23)27)18-12-8-5-9-13-18/h4-14,16,23H,15H2,1-3H3. The van der Waals surface area contributed by atoms with E-state index < -0.39 is 17.5 Å². The van der Waals surface area contributed by atoms with Gasteiger partial charge in [-0.05, 0) is 67.1 Å². The molecule has 1 atom stereocenters. The maximum absolute atomic E-state index is 13.1. The molecular weight excluding hydrogens is 360 g/mol. The fourth-order valence-corrected chi connectivity index (χ4v) is 3.82. The number of esters is 1. The van der Waals surface area contributed by atoms with Gasteiger partial charge in [0, 0.05) is 5.56 Å². The van der Waals surface area contributed by atoms with Crippen LogP contribution in [0.15, 0.2) is 72.8 Å². The fraction of sp³-hybridized carbons (Fsp3) is 0.231. The highest BCUT2D eigenvalue weighted by molar-refractivity contribution is 6.13. The molecule has 3 aromatic carbocycles. The second-order valence-electron chi connectivity index (χ2n) is 8.44. The topological polar surface area (TPSA) is 43.4 Å². The molecule has 3 heteroatoms. The van der Waals surface area contributed by atoms with Crippen LogP contribution in [0.2, 0.25) is 0 Å². The molecule has 0 heterocycles. The van der Waals surface area contributed by atoms with Gasteiger partial charge in [-0.25, -0.2) is 0 Å². The molecule has 0 aliphatic heterocycles. The molecule has 1 aliphatic carbocycles. The maximum atomic E-state index is 13.1. The van der Waals surface area contributed by atoms with E-state index in [9.17, 15) is 9.59 Å². The van der Waals surface area contributed by atoms with Crippen molar-refractivity contribution in [2.45, 2.75) is 32.8 Å². The molecule has 4 rings (SSSR count). The van der Waals surface area contributed by atoms with Crippen LogP contribution in [0.4, 0.5) is 0 Å². The van der Waals surface area contributed by atoms with E-state index in [1.165, 1.54) is 0 Å². The van der Waals surface area contributed by atoms with Gasteiger partial charge in [-0.3, -0.25) is 9.59 Å². The molecule has 0 N–H and O–H groups in total. The SMILES string of the molecule is CC(C)(C)OC(=O)C1Cc2cc(-c3ccccc3)c(-c3ccccc3)cc2C1=O. The first-order valence-electron chi connectivity index (χ1n) is 9.88. The number of Topliss-reactive ketones (excluding diaryl/α,β-unsaturated/α-hetero) is 1. The van der Waals surface area contributed by atoms with Crippen LogP contribution < -0.4 is 0 Å². The quantitative estimate of drug-likeness (QED) is 0.429. The van der Waals surface area contributed by atoms with E-state index in [1.807, 2.05) is 75.4 Å². The van der Waals surface area contributed by atoms with Gasteiger partial charge in [-0.15, -0.1) is 0 Å². The van der Waals surface area contributed by atoms with Crippen LogP contribution in [-0.4, -0.2) is 17.4 Å². The summed E-state index contributed by atoms with van der Waals surface area (Å²) in [5, 5.41) is 0. The van der Waals surface area contributed by atoms with Crippen LogP contribution in [0, 0.1) is 5.92 Å². The molecule has 29 heavy (non-hydrogen) atoms. The molecule has 0 spiro atoms. The molecule has 1 aliphatic rings. The molecule has 0 aromatic heterocycles. The lowest BCUT2D eigenvalue weighted by molar-refractivity contribution is -0.157. The summed E-state index contributed by atoms with van der Waals surface area (Å²) in [4.78, 5) is 25.7. The van der Waals surface area contributed by atoms with Crippen molar-refractivity contribution in [1.82, 2.24) is 0 Å². The first-order valence-corrected chi connectivity index (χ1v) is 9.88. The lowest BCUT2D eigenvalue weighted by Crippen LogP contribution is -2.31. The Hall–Kier alpha value is -3.20. The summed E-state index contributed by atoms with van der Waals surface area (Å²) in [6.45, 7) is 5.45. The third kappa shape index (κ3) is 3.86. The van der Waals surface area contributed by atoms with Crippen LogP contribution in [0.25, 0.3) is 22.3 Å². The average Bonchev–Trinajstić information content (AvgIpc) is 3.03. The van der Waals surface area contributed by atoms with Gasteiger partial charge in [-0.2, -0.15) is 0 Å². The van der Waals surface area contributed by atoms with Crippen molar-refractivity contribution in [3.05, 3.63) is 83.9 Å². The third-order valence-electron chi connectivity index (χ3n) is 5.11. The third-order valence-corrected chi connectivity index (χ3v) is 5.11. The number of rotatable bonds is 3. The number of fused-ring (bicyclic) bond motifs is 1. The number of ketones is 1. The van der Waals surface area contributed by atoms with Crippen LogP contribution in [0.1, 0.15) is 36.7 Å². The Morgan fingerprint density at radius 2 is 1.34 bits per heavy atom. The van der Waals surface area contributed by atoms with Gasteiger partial charge in [0.2, 0.25) is 0 Å². The molecule has 1 unspecified atom stereocenters. The van der Waals surface area contributed by atoms with Crippen LogP contribution in [0.5, 0.6) is 0 Å². The van der Waals surface area contributed by atoms with E-state index >= 15 is 0 Å². The Bertz CT molecular complexity index is 1060. The molecule has 0 radical (unpaired) electrons. The Balaban J connectivity index is 1.81. The van der Waals surface area contributed by atoms with Crippen molar-refractivity contribution in [3.8, 4) is 22.3 Å². The second-order valence-corrected chi connectivity index (χ2v) is 8.44. The minimum absolute atomic E-state index is 0.147. The number of hydrogen-bond donors (Lipinski definition) is 0. The first-order chi connectivity index (χ1) is 13.8. The van der Waals surface area contributed by atoms with Crippen molar-refractivity contribution in [2.24, 2.45) is 5.92 Å². The minimum Gasteiger partial charge on any atom is -0.459 e. The summed E-state index contributed by atoms with van der Waals surface area (Å²) in [7, 11) is 0. The van der Waals surface area contributed by atoms with E-state index in [1.54, 1.807) is 0 Å². The Kier molecular flexibility index (Phi) is 4.83. The average molecular weight is 384 g/mol. The van der Waals surface area contributed by atoms with Crippen molar-refractivity contribution in [3.63, 3.8) is 0 Å². The van der Waals surface area contributed by atoms with Gasteiger partial charge in [0.1, 0.15) is 11.5 Å². The van der Waals surface area contributed by atoms with Gasteiger partial charge in [0.05, 0.1) is 0 Å². The monoisotopic (exact) mass is 384 g/mol. The summed E-state index contributed by atoms with van der Waals surface area (Å²) in [5.41, 5.74) is 5.10. The first kappa shape index (κ1) is 19.1. The van der Waals surface area contributed by atoms with E-state index in [2.05, 4.69) is 18.2 Å². The summed E-state index contributed by atoms with van der Waals surface area (Å²) in [6, 6.07) is 24.2. The molecule has 0 amide bonds. The smallest absolute Gasteiger partial charge is 0.317 e. The van der Waals surface area contributed by atoms with Gasteiger partial charge >= 0.3 is 5.97 Å². The van der Waals surface area contributed by atoms with Crippen molar-refractivity contribution in [2.75, 3.05) is 0 Å². The van der Waals surface area contributed by atoms with E-state index in [0.717, 1.165) is 27.8 Å². The molecule has 3 nitrogen and oxygen atoms in total. The van der Waals surface area contributed by atoms with Crippen LogP contribution in [-0.2, 0) is 16.0 Å². The van der Waals surface area contributed by atoms with Gasteiger partial charge in [0.25, 0.3) is 0 Å². The van der Waals surface area contributed by atoms with E-state index in [-0.39, 0.29) is 5.78 Å². The molecule has 146 valence electrons. The molecule has 3 aromatic rings. The molecule has 0 saturated carbocycles. The number of carbonyl (C=O) groups is 2. The lowest BCUT2D eigenvalue weighted by Gasteiger charge is -2.21. The summed E-state index contributed by atoms with van der Waals surface area (Å²) in [5.74, 6) is -1.36. The zero-order valence-corrected chi connectivity index (χ0v) is 16.9. The van der Waals surface area contributed by atoms with E-state index in [0.29, 0.717) is 12.0 Å². The number of ether oxygens (including phenoxy) is 1. The molecule has 0 fully saturated rings. The summed E-state index contributed by atoms with van der Waals surface area (Å²) >= 11 is 0. The Labute approximate surface area is 171 Å². The largest absolute Gasteiger partial charge is 0.459 e. The summed E-state index contributed by atoms with van der Waals surface area (Å²) in [6.07, 6.45) is 0.387. The lowest BCUT2D eigenvalue weighted by atomic mass is 9.91. The van der Waals surface area contributed by atoms with Crippen molar-refractivity contribution < 1.29 is 14.3 Å². The highest BCUT2D eigenvalue weighted by Crippen LogP contribution is 2.39. The Morgan fingerprint density at radius 1 is 0.828 bits per heavy atom. The predicted octanol–water partition coefficient (Wildman–Crippen LogP) is 5.72. The zero-order valence-electron chi connectivity index (χ0n) is 16.9. The zero-order chi connectivity index (χ0) is 20.6. The highest BCUT2D eigenvalue weighted by Gasteiger charge is 2.39. The minimum atomic E-state index is -0.765. The van der Waals surface area contributed by atoms with Gasteiger partial charge < -0.3 is 4.74 Å². The normalized spacial score (nSPS) is 15.8. The van der Waals surface area contributed by atoms with Crippen LogP contribution >= 0.6 is 0 Å². The molecular formula is C26H24O3. The predicted molar refractivity (Wildman–Crippen MR) is 115 cm³/mol. The number of hydrogen-bond acceptors (Lipinski definition) is 3. The van der Waals surface area contributed by atoms with Crippen molar-refractivity contribution in [1.29, 1.82) is 0 Å². The number of carbonyl (C=O) groups excluding carboxylic acids is 2. The highest BCUT2D eigenvalue weighted by atomic mass is 16.6. The second kappa shape index (κ2) is 7.32. The molecule has 0 saturated heterocycles. The summed E-state index contributed by atoms with van der Waals surface area (Å²) < 4.78 is 5.49. The Morgan fingerprint density at radius 3 is 1.86 bits per heavy atom. The van der Waals surface area contributed by atoms with Crippen molar-refractivity contribution >= 4 is 11.8 Å². The van der Waals surface area contributed by atoms with Gasteiger partial charge in [0.15, 0.2) is 5.78 Å². The maximum Gasteiger partial charge on any atom is 0.317 e. The van der Waals surface area contributed by atoms with E-state index in [4.69, 9.17) is 4.74 Å². The molecule has 0 bridgehead atoms. The number of benzene rings is 3. The fourth-order valence-electron chi connectivity index (χ4n) is 3.82.